The maximum Gasteiger partial charge on any atom is 0.266 e. The smallest absolute Gasteiger partial charge is 0.266 e. The normalized spacial score (nSPS) is 17.2. The summed E-state index contributed by atoms with van der Waals surface area (Å²) in [6.07, 6.45) is 3.37. The summed E-state index contributed by atoms with van der Waals surface area (Å²) in [5.41, 5.74) is 1.52. The van der Waals surface area contributed by atoms with Gasteiger partial charge in [-0.1, -0.05) is 12.1 Å². The van der Waals surface area contributed by atoms with Crippen LogP contribution in [0.2, 0.25) is 0 Å². The van der Waals surface area contributed by atoms with Crippen LogP contribution in [-0.4, -0.2) is 36.3 Å². The summed E-state index contributed by atoms with van der Waals surface area (Å²) < 4.78 is 5.20. The van der Waals surface area contributed by atoms with Crippen LogP contribution in [0, 0.1) is 5.92 Å². The predicted molar refractivity (Wildman–Crippen MR) is 94.6 cm³/mol. The van der Waals surface area contributed by atoms with Gasteiger partial charge in [0.25, 0.3) is 5.56 Å². The quantitative estimate of drug-likeness (QED) is 0.855. The van der Waals surface area contributed by atoms with Crippen LogP contribution in [0.5, 0.6) is 5.75 Å². The zero-order valence-corrected chi connectivity index (χ0v) is 14.2. The average molecular weight is 342 g/mol. The van der Waals surface area contributed by atoms with Crippen molar-refractivity contribution in [2.45, 2.75) is 19.4 Å². The summed E-state index contributed by atoms with van der Waals surface area (Å²) in [4.78, 5) is 26.0. The summed E-state index contributed by atoms with van der Waals surface area (Å²) in [5.74, 6) is 0.710. The molecule has 0 bridgehead atoms. The largest absolute Gasteiger partial charge is 0.497 e. The molecule has 1 unspecified atom stereocenters. The van der Waals surface area contributed by atoms with Crippen molar-refractivity contribution in [2.24, 2.45) is 5.92 Å². The average Bonchev–Trinajstić information content (AvgIpc) is 2.66. The molecule has 1 amide bonds. The molecule has 7 heteroatoms. The molecule has 1 saturated heterocycles. The molecule has 0 aliphatic carbocycles. The number of hydrogen-bond acceptors (Lipinski definition) is 5. The number of anilines is 1. The monoisotopic (exact) mass is 342 g/mol. The lowest BCUT2D eigenvalue weighted by Gasteiger charge is -2.33. The van der Waals surface area contributed by atoms with Crippen molar-refractivity contribution in [1.29, 1.82) is 0 Å². The van der Waals surface area contributed by atoms with E-state index in [0.717, 1.165) is 36.4 Å². The number of aromatic nitrogens is 2. The van der Waals surface area contributed by atoms with Crippen LogP contribution in [-0.2, 0) is 11.3 Å². The van der Waals surface area contributed by atoms with Crippen molar-refractivity contribution in [3.8, 4) is 5.75 Å². The van der Waals surface area contributed by atoms with E-state index in [1.807, 2.05) is 29.2 Å². The van der Waals surface area contributed by atoms with E-state index in [4.69, 9.17) is 4.74 Å². The van der Waals surface area contributed by atoms with Gasteiger partial charge in [0.2, 0.25) is 5.91 Å². The number of rotatable bonds is 5. The summed E-state index contributed by atoms with van der Waals surface area (Å²) in [6.45, 7) is 1.89. The van der Waals surface area contributed by atoms with E-state index in [0.29, 0.717) is 13.1 Å². The highest BCUT2D eigenvalue weighted by Crippen LogP contribution is 2.22. The summed E-state index contributed by atoms with van der Waals surface area (Å²) >= 11 is 0. The third kappa shape index (κ3) is 4.37. The van der Waals surface area contributed by atoms with Crippen LogP contribution >= 0.6 is 0 Å². The number of hydrogen-bond donors (Lipinski definition) is 2. The maximum atomic E-state index is 12.5. The molecule has 1 aromatic carbocycles. The molecule has 0 spiro atoms. The molecule has 1 aromatic heterocycles. The van der Waals surface area contributed by atoms with Crippen LogP contribution in [0.1, 0.15) is 18.4 Å². The van der Waals surface area contributed by atoms with Gasteiger partial charge in [-0.15, -0.1) is 0 Å². The van der Waals surface area contributed by atoms with Gasteiger partial charge in [-0.3, -0.25) is 9.59 Å². The molecule has 132 valence electrons. The van der Waals surface area contributed by atoms with Gasteiger partial charge in [0.05, 0.1) is 24.9 Å². The number of methoxy groups -OCH3 is 1. The van der Waals surface area contributed by atoms with E-state index in [2.05, 4.69) is 15.5 Å². The van der Waals surface area contributed by atoms with Crippen LogP contribution in [0.15, 0.2) is 41.3 Å². The number of benzene rings is 1. The molecule has 25 heavy (non-hydrogen) atoms. The molecule has 2 aromatic rings. The lowest BCUT2D eigenvalue weighted by molar-refractivity contribution is -0.125. The number of nitrogens with zero attached hydrogens (tertiary/aromatic N) is 2. The predicted octanol–water partition coefficient (Wildman–Crippen LogP) is 1.31. The van der Waals surface area contributed by atoms with E-state index in [1.54, 1.807) is 13.3 Å². The molecule has 1 aliphatic heterocycles. The highest BCUT2D eigenvalue weighted by Gasteiger charge is 2.26. The topological polar surface area (TPSA) is 87.3 Å². The zero-order chi connectivity index (χ0) is 17.6. The van der Waals surface area contributed by atoms with Crippen molar-refractivity contribution < 1.29 is 9.53 Å². The number of aromatic amines is 1. The number of carbonyl (C=O) groups is 1. The van der Waals surface area contributed by atoms with E-state index in [-0.39, 0.29) is 17.4 Å². The van der Waals surface area contributed by atoms with Gasteiger partial charge in [0, 0.05) is 25.7 Å². The summed E-state index contributed by atoms with van der Waals surface area (Å²) in [5, 5.41) is 9.20. The first-order valence-electron chi connectivity index (χ1n) is 8.36. The SMILES string of the molecule is COc1cccc(CNC(=O)C2CCCN(c3cn[nH]c(=O)c3)C2)c1. The Morgan fingerprint density at radius 1 is 1.44 bits per heavy atom. The van der Waals surface area contributed by atoms with Gasteiger partial charge in [0.1, 0.15) is 5.75 Å². The second-order valence-electron chi connectivity index (χ2n) is 6.16. The van der Waals surface area contributed by atoms with Crippen LogP contribution in [0.4, 0.5) is 5.69 Å². The zero-order valence-electron chi connectivity index (χ0n) is 14.2. The molecule has 2 N–H and O–H groups in total. The maximum absolute atomic E-state index is 12.5. The van der Waals surface area contributed by atoms with Gasteiger partial charge in [-0.2, -0.15) is 5.10 Å². The number of H-pyrrole nitrogens is 1. The Kier molecular flexibility index (Phi) is 5.33. The lowest BCUT2D eigenvalue weighted by Crippen LogP contribution is -2.43. The molecular weight excluding hydrogens is 320 g/mol. The van der Waals surface area contributed by atoms with Gasteiger partial charge >= 0.3 is 0 Å². The number of piperidine rings is 1. The number of ether oxygens (including phenoxy) is 1. The van der Waals surface area contributed by atoms with Gasteiger partial charge in [0.15, 0.2) is 0 Å². The third-order valence-corrected chi connectivity index (χ3v) is 4.41. The second kappa shape index (κ2) is 7.83. The first kappa shape index (κ1) is 17.0. The Hall–Kier alpha value is -2.83. The molecule has 1 aliphatic rings. The highest BCUT2D eigenvalue weighted by atomic mass is 16.5. The molecule has 3 rings (SSSR count). The van der Waals surface area contributed by atoms with Crippen molar-refractivity contribution >= 4 is 11.6 Å². The molecule has 7 nitrogen and oxygen atoms in total. The van der Waals surface area contributed by atoms with Crippen molar-refractivity contribution in [2.75, 3.05) is 25.1 Å². The van der Waals surface area contributed by atoms with E-state index in [9.17, 15) is 9.59 Å². The Morgan fingerprint density at radius 3 is 3.12 bits per heavy atom. The molecule has 1 atom stereocenters. The van der Waals surface area contributed by atoms with Crippen LogP contribution < -0.4 is 20.5 Å². The Balaban J connectivity index is 1.59. The summed E-state index contributed by atoms with van der Waals surface area (Å²) in [6, 6.07) is 9.17. The molecule has 0 radical (unpaired) electrons. The van der Waals surface area contributed by atoms with Crippen molar-refractivity contribution in [1.82, 2.24) is 15.5 Å². The van der Waals surface area contributed by atoms with Crippen molar-refractivity contribution in [3.05, 3.63) is 52.4 Å². The fourth-order valence-corrected chi connectivity index (χ4v) is 3.08. The van der Waals surface area contributed by atoms with E-state index in [1.165, 1.54) is 6.07 Å². The van der Waals surface area contributed by atoms with Crippen LogP contribution in [0.25, 0.3) is 0 Å². The molecular formula is C18H22N4O3. The van der Waals surface area contributed by atoms with Gasteiger partial charge in [-0.25, -0.2) is 5.10 Å². The fourth-order valence-electron chi connectivity index (χ4n) is 3.08. The van der Waals surface area contributed by atoms with Gasteiger partial charge in [-0.05, 0) is 30.5 Å². The Morgan fingerprint density at radius 2 is 2.32 bits per heavy atom. The second-order valence-corrected chi connectivity index (χ2v) is 6.16. The molecule has 1 fully saturated rings. The first-order valence-corrected chi connectivity index (χ1v) is 8.36. The minimum absolute atomic E-state index is 0.0327. The number of carbonyl (C=O) groups excluding carboxylic acids is 1. The first-order chi connectivity index (χ1) is 12.2. The Bertz CT molecular complexity index is 790. The fraction of sp³-hybridized carbons (Fsp3) is 0.389. The van der Waals surface area contributed by atoms with Gasteiger partial charge < -0.3 is 15.0 Å². The van der Waals surface area contributed by atoms with Crippen LogP contribution in [0.3, 0.4) is 0 Å². The van der Waals surface area contributed by atoms with E-state index >= 15 is 0 Å². The number of amides is 1. The minimum Gasteiger partial charge on any atom is -0.497 e. The standard InChI is InChI=1S/C18H22N4O3/c1-25-16-6-2-4-13(8-16)10-19-18(24)14-5-3-7-22(12-14)15-9-17(23)21-20-11-15/h2,4,6,8-9,11,14H,3,5,7,10,12H2,1H3,(H,19,24)(H,21,23). The third-order valence-electron chi connectivity index (χ3n) is 4.41. The van der Waals surface area contributed by atoms with E-state index < -0.39 is 0 Å². The minimum atomic E-state index is -0.234. The summed E-state index contributed by atoms with van der Waals surface area (Å²) in [7, 11) is 1.62. The van der Waals surface area contributed by atoms with Crippen molar-refractivity contribution in [3.63, 3.8) is 0 Å². The molecule has 0 saturated carbocycles. The number of nitrogens with one attached hydrogen (secondary N) is 2. The highest BCUT2D eigenvalue weighted by molar-refractivity contribution is 5.79. The lowest BCUT2D eigenvalue weighted by atomic mass is 9.96. The Labute approximate surface area is 146 Å². The molecule has 2 heterocycles.